The lowest BCUT2D eigenvalue weighted by atomic mass is 10.2. The Kier molecular flexibility index (Phi) is 18.3. The Morgan fingerprint density at radius 3 is 2.24 bits per heavy atom. The van der Waals surface area contributed by atoms with Crippen molar-refractivity contribution in [2.45, 2.75) is 39.7 Å². The highest BCUT2D eigenvalue weighted by molar-refractivity contribution is 5.85. The number of hydrogen-bond acceptors (Lipinski definition) is 3. The van der Waals surface area contributed by atoms with E-state index < -0.39 is 0 Å². The Balaban J connectivity index is -0.000000980. The second-order valence-electron chi connectivity index (χ2n) is 3.89. The molecule has 0 aromatic carbocycles. The minimum Gasteiger partial charge on any atom is -0.355 e. The fraction of sp³-hybridized carbons (Fsp3) is 0.909. The molecular weight excluding hydrogens is 261 g/mol. The molecule has 0 aromatic heterocycles. The van der Waals surface area contributed by atoms with Crippen LogP contribution in [0.3, 0.4) is 0 Å². The molecule has 0 spiro atoms. The van der Waals surface area contributed by atoms with Gasteiger partial charge in [0.05, 0.1) is 0 Å². The number of likely N-dealkylation sites (N-methyl/N-ethyl adjacent to an activating group) is 1. The van der Waals surface area contributed by atoms with Crippen LogP contribution in [-0.4, -0.2) is 43.0 Å². The van der Waals surface area contributed by atoms with Crippen LogP contribution in [0.1, 0.15) is 33.6 Å². The van der Waals surface area contributed by atoms with E-state index in [4.69, 9.17) is 5.73 Å². The van der Waals surface area contributed by atoms with Gasteiger partial charge in [0, 0.05) is 25.6 Å². The molecule has 1 unspecified atom stereocenters. The fourth-order valence-electron chi connectivity index (χ4n) is 1.34. The van der Waals surface area contributed by atoms with Crippen molar-refractivity contribution in [2.75, 3.05) is 26.2 Å². The van der Waals surface area contributed by atoms with Crippen LogP contribution in [0.4, 0.5) is 0 Å². The predicted molar refractivity (Wildman–Crippen MR) is 78.2 cm³/mol. The van der Waals surface area contributed by atoms with E-state index in [1.807, 2.05) is 6.92 Å². The van der Waals surface area contributed by atoms with Crippen molar-refractivity contribution < 1.29 is 4.79 Å². The van der Waals surface area contributed by atoms with Crippen LogP contribution < -0.4 is 11.1 Å². The third-order valence-corrected chi connectivity index (χ3v) is 2.47. The maximum Gasteiger partial charge on any atom is 0.220 e. The molecule has 0 saturated heterocycles. The van der Waals surface area contributed by atoms with Gasteiger partial charge in [-0.15, -0.1) is 24.8 Å². The molecule has 6 heteroatoms. The molecule has 1 amide bonds. The van der Waals surface area contributed by atoms with E-state index in [1.54, 1.807) is 0 Å². The first-order valence-corrected chi connectivity index (χ1v) is 5.84. The lowest BCUT2D eigenvalue weighted by molar-refractivity contribution is -0.121. The van der Waals surface area contributed by atoms with E-state index in [1.165, 1.54) is 0 Å². The molecule has 0 aliphatic rings. The number of rotatable bonds is 8. The van der Waals surface area contributed by atoms with E-state index >= 15 is 0 Å². The van der Waals surface area contributed by atoms with Crippen molar-refractivity contribution in [3.63, 3.8) is 0 Å². The molecule has 3 N–H and O–H groups in total. The Hall–Kier alpha value is -0.0300. The van der Waals surface area contributed by atoms with Crippen molar-refractivity contribution in [3.05, 3.63) is 0 Å². The zero-order valence-corrected chi connectivity index (χ0v) is 12.7. The van der Waals surface area contributed by atoms with Crippen molar-refractivity contribution in [2.24, 2.45) is 5.73 Å². The van der Waals surface area contributed by atoms with E-state index in [9.17, 15) is 4.79 Å². The quantitative estimate of drug-likeness (QED) is 0.710. The van der Waals surface area contributed by atoms with Crippen LogP contribution >= 0.6 is 24.8 Å². The lowest BCUT2D eigenvalue weighted by Gasteiger charge is -2.18. The molecule has 0 aliphatic heterocycles. The molecule has 0 bridgehead atoms. The van der Waals surface area contributed by atoms with Gasteiger partial charge in [-0.1, -0.05) is 13.8 Å². The predicted octanol–water partition coefficient (Wildman–Crippen LogP) is 1.42. The minimum atomic E-state index is 0. The normalized spacial score (nSPS) is 11.4. The average Bonchev–Trinajstić information content (AvgIpc) is 2.21. The zero-order valence-electron chi connectivity index (χ0n) is 11.1. The summed E-state index contributed by atoms with van der Waals surface area (Å²) in [6, 6.07) is 0.110. The number of nitrogens with zero attached hydrogens (tertiary/aromatic N) is 1. The third kappa shape index (κ3) is 13.9. The SMILES string of the molecule is CCN(CC)CCNC(=O)CCC(C)N.Cl.Cl. The summed E-state index contributed by atoms with van der Waals surface area (Å²) in [5.41, 5.74) is 5.57. The van der Waals surface area contributed by atoms with Crippen molar-refractivity contribution in [1.82, 2.24) is 10.2 Å². The second kappa shape index (κ2) is 14.0. The summed E-state index contributed by atoms with van der Waals surface area (Å²) in [7, 11) is 0. The summed E-state index contributed by atoms with van der Waals surface area (Å²) in [5, 5.41) is 2.90. The van der Waals surface area contributed by atoms with E-state index in [0.29, 0.717) is 6.42 Å². The van der Waals surface area contributed by atoms with Crippen LogP contribution in [0.15, 0.2) is 0 Å². The monoisotopic (exact) mass is 287 g/mol. The van der Waals surface area contributed by atoms with Gasteiger partial charge in [0.1, 0.15) is 0 Å². The third-order valence-electron chi connectivity index (χ3n) is 2.47. The molecule has 1 atom stereocenters. The van der Waals surface area contributed by atoms with E-state index in [2.05, 4.69) is 24.1 Å². The standard InChI is InChI=1S/C11H25N3O.2ClH/c1-4-14(5-2)9-8-13-11(15)7-6-10(3)12;;/h10H,4-9,12H2,1-3H3,(H,13,15);2*1H. The van der Waals surface area contributed by atoms with Crippen molar-refractivity contribution >= 4 is 30.7 Å². The van der Waals surface area contributed by atoms with Crippen LogP contribution in [0, 0.1) is 0 Å². The highest BCUT2D eigenvalue weighted by Gasteiger charge is 2.03. The molecule has 0 aliphatic carbocycles. The zero-order chi connectivity index (χ0) is 11.7. The van der Waals surface area contributed by atoms with Gasteiger partial charge in [-0.3, -0.25) is 4.79 Å². The summed E-state index contributed by atoms with van der Waals surface area (Å²) < 4.78 is 0. The van der Waals surface area contributed by atoms with E-state index in [-0.39, 0.29) is 36.8 Å². The largest absolute Gasteiger partial charge is 0.355 e. The Morgan fingerprint density at radius 1 is 1.29 bits per heavy atom. The molecular formula is C11H27Cl2N3O. The first kappa shape index (κ1) is 22.2. The second-order valence-corrected chi connectivity index (χ2v) is 3.89. The number of halogens is 2. The first-order valence-electron chi connectivity index (χ1n) is 5.84. The van der Waals surface area contributed by atoms with Gasteiger partial charge in [0.25, 0.3) is 0 Å². The minimum absolute atomic E-state index is 0. The lowest BCUT2D eigenvalue weighted by Crippen LogP contribution is -2.35. The van der Waals surface area contributed by atoms with Crippen molar-refractivity contribution in [1.29, 1.82) is 0 Å². The van der Waals surface area contributed by atoms with Crippen LogP contribution in [-0.2, 0) is 4.79 Å². The highest BCUT2D eigenvalue weighted by atomic mass is 35.5. The molecule has 0 saturated carbocycles. The number of hydrogen-bond donors (Lipinski definition) is 2. The molecule has 17 heavy (non-hydrogen) atoms. The summed E-state index contributed by atoms with van der Waals surface area (Å²) >= 11 is 0. The summed E-state index contributed by atoms with van der Waals surface area (Å²) in [6.45, 7) is 9.90. The summed E-state index contributed by atoms with van der Waals surface area (Å²) in [6.07, 6.45) is 1.30. The molecule has 4 nitrogen and oxygen atoms in total. The summed E-state index contributed by atoms with van der Waals surface area (Å²) in [5.74, 6) is 0.111. The topological polar surface area (TPSA) is 58.4 Å². The Morgan fingerprint density at radius 2 is 1.82 bits per heavy atom. The highest BCUT2D eigenvalue weighted by Crippen LogP contribution is 1.92. The van der Waals surface area contributed by atoms with Gasteiger partial charge in [-0.2, -0.15) is 0 Å². The number of carbonyl (C=O) groups is 1. The van der Waals surface area contributed by atoms with Crippen LogP contribution in [0.5, 0.6) is 0 Å². The molecule has 0 heterocycles. The first-order chi connectivity index (χ1) is 7.10. The van der Waals surface area contributed by atoms with Gasteiger partial charge in [0.15, 0.2) is 0 Å². The number of nitrogens with one attached hydrogen (secondary N) is 1. The van der Waals surface area contributed by atoms with Gasteiger partial charge < -0.3 is 16.0 Å². The van der Waals surface area contributed by atoms with Crippen molar-refractivity contribution in [3.8, 4) is 0 Å². The maximum absolute atomic E-state index is 11.3. The molecule has 0 fully saturated rings. The smallest absolute Gasteiger partial charge is 0.220 e. The molecule has 0 radical (unpaired) electrons. The van der Waals surface area contributed by atoms with Gasteiger partial charge in [-0.25, -0.2) is 0 Å². The van der Waals surface area contributed by atoms with Crippen LogP contribution in [0.2, 0.25) is 0 Å². The summed E-state index contributed by atoms with van der Waals surface area (Å²) in [4.78, 5) is 13.6. The van der Waals surface area contributed by atoms with Crippen LogP contribution in [0.25, 0.3) is 0 Å². The number of amides is 1. The molecule has 0 rings (SSSR count). The number of carbonyl (C=O) groups excluding carboxylic acids is 1. The Bertz CT molecular complexity index is 176. The maximum atomic E-state index is 11.3. The Labute approximate surface area is 118 Å². The number of nitrogens with two attached hydrogens (primary N) is 1. The van der Waals surface area contributed by atoms with E-state index in [0.717, 1.165) is 32.6 Å². The van der Waals surface area contributed by atoms with Gasteiger partial charge in [0.2, 0.25) is 5.91 Å². The molecule has 0 aromatic rings. The molecule has 106 valence electrons. The van der Waals surface area contributed by atoms with Gasteiger partial charge >= 0.3 is 0 Å². The fourth-order valence-corrected chi connectivity index (χ4v) is 1.34. The average molecular weight is 288 g/mol. The van der Waals surface area contributed by atoms with Gasteiger partial charge in [-0.05, 0) is 26.4 Å².